The molecule has 1 saturated heterocycles. The summed E-state index contributed by atoms with van der Waals surface area (Å²) in [7, 11) is -3.59. The molecular formula is C23H32N4O5S. The van der Waals surface area contributed by atoms with Gasteiger partial charge in [-0.2, -0.15) is 4.31 Å². The fourth-order valence-electron chi connectivity index (χ4n) is 3.94. The first kappa shape index (κ1) is 24.9. The maximum Gasteiger partial charge on any atom is 0.243 e. The molecule has 2 aromatic rings. The van der Waals surface area contributed by atoms with E-state index in [2.05, 4.69) is 10.6 Å². The molecule has 0 radical (unpaired) electrons. The van der Waals surface area contributed by atoms with Crippen molar-refractivity contribution < 1.29 is 22.4 Å². The van der Waals surface area contributed by atoms with E-state index >= 15 is 0 Å². The third kappa shape index (κ3) is 6.66. The molecule has 1 aromatic carbocycles. The number of nitrogens with one attached hydrogen (secondary N) is 2. The van der Waals surface area contributed by atoms with E-state index in [1.165, 1.54) is 16.4 Å². The lowest BCUT2D eigenvalue weighted by Gasteiger charge is -2.30. The van der Waals surface area contributed by atoms with Crippen LogP contribution in [0.2, 0.25) is 0 Å². The molecule has 3 rings (SSSR count). The SMILES string of the molecule is CCN(CC)S(=O)(=O)c1cccc(NC(=O)CN2CCC(C(=O)NCc3ccco3)CC2)c1. The van der Waals surface area contributed by atoms with Crippen LogP contribution >= 0.6 is 0 Å². The number of hydrogen-bond donors (Lipinski definition) is 2. The average molecular weight is 477 g/mol. The number of furan rings is 1. The van der Waals surface area contributed by atoms with Gasteiger partial charge in [-0.15, -0.1) is 0 Å². The van der Waals surface area contributed by atoms with Gasteiger partial charge in [0.25, 0.3) is 0 Å². The summed E-state index contributed by atoms with van der Waals surface area (Å²) in [4.78, 5) is 27.1. The van der Waals surface area contributed by atoms with Crippen LogP contribution in [0.3, 0.4) is 0 Å². The Bertz CT molecular complexity index is 1030. The summed E-state index contributed by atoms with van der Waals surface area (Å²) in [5.74, 6) is 0.419. The number of amides is 2. The van der Waals surface area contributed by atoms with Gasteiger partial charge < -0.3 is 15.1 Å². The number of sulfonamides is 1. The van der Waals surface area contributed by atoms with Crippen molar-refractivity contribution in [2.24, 2.45) is 5.92 Å². The van der Waals surface area contributed by atoms with Gasteiger partial charge in [0.05, 0.1) is 24.2 Å². The second-order valence-corrected chi connectivity index (χ2v) is 9.95. The number of hydrogen-bond acceptors (Lipinski definition) is 6. The molecule has 33 heavy (non-hydrogen) atoms. The Morgan fingerprint density at radius 1 is 1.12 bits per heavy atom. The quantitative estimate of drug-likeness (QED) is 0.544. The third-order valence-electron chi connectivity index (χ3n) is 5.80. The van der Waals surface area contributed by atoms with Gasteiger partial charge in [-0.3, -0.25) is 14.5 Å². The normalized spacial score (nSPS) is 15.5. The van der Waals surface area contributed by atoms with Crippen molar-refractivity contribution in [3.8, 4) is 0 Å². The number of piperidine rings is 1. The first-order valence-corrected chi connectivity index (χ1v) is 12.7. The van der Waals surface area contributed by atoms with Crippen molar-refractivity contribution in [2.45, 2.75) is 38.1 Å². The number of carbonyl (C=O) groups is 2. The molecule has 1 fully saturated rings. The van der Waals surface area contributed by atoms with Crippen molar-refractivity contribution in [3.05, 3.63) is 48.4 Å². The number of rotatable bonds is 10. The zero-order valence-electron chi connectivity index (χ0n) is 19.1. The van der Waals surface area contributed by atoms with Gasteiger partial charge in [-0.25, -0.2) is 8.42 Å². The molecular weight excluding hydrogens is 444 g/mol. The first-order chi connectivity index (χ1) is 15.8. The minimum Gasteiger partial charge on any atom is -0.467 e. The average Bonchev–Trinajstić information content (AvgIpc) is 3.32. The summed E-state index contributed by atoms with van der Waals surface area (Å²) < 4.78 is 32.0. The van der Waals surface area contributed by atoms with Crippen LogP contribution in [0.25, 0.3) is 0 Å². The maximum atomic E-state index is 12.7. The molecule has 2 amide bonds. The Labute approximate surface area is 195 Å². The molecule has 180 valence electrons. The lowest BCUT2D eigenvalue weighted by Crippen LogP contribution is -2.43. The van der Waals surface area contributed by atoms with Crippen LogP contribution < -0.4 is 10.6 Å². The summed E-state index contributed by atoms with van der Waals surface area (Å²) in [6.45, 7) is 6.19. The van der Waals surface area contributed by atoms with E-state index in [-0.39, 0.29) is 29.2 Å². The zero-order valence-corrected chi connectivity index (χ0v) is 19.9. The van der Waals surface area contributed by atoms with Crippen LogP contribution in [0.1, 0.15) is 32.4 Å². The molecule has 0 bridgehead atoms. The van der Waals surface area contributed by atoms with Crippen LogP contribution in [-0.4, -0.2) is 62.2 Å². The fraction of sp³-hybridized carbons (Fsp3) is 0.478. The van der Waals surface area contributed by atoms with Crippen molar-refractivity contribution in [1.29, 1.82) is 0 Å². The molecule has 2 heterocycles. The van der Waals surface area contributed by atoms with Gasteiger partial charge in [0.2, 0.25) is 21.8 Å². The minimum atomic E-state index is -3.59. The lowest BCUT2D eigenvalue weighted by molar-refractivity contribution is -0.126. The summed E-state index contributed by atoms with van der Waals surface area (Å²) >= 11 is 0. The topological polar surface area (TPSA) is 112 Å². The Morgan fingerprint density at radius 3 is 2.48 bits per heavy atom. The highest BCUT2D eigenvalue weighted by Gasteiger charge is 2.26. The number of benzene rings is 1. The minimum absolute atomic E-state index is 0.00160. The summed E-state index contributed by atoms with van der Waals surface area (Å²) in [5.41, 5.74) is 0.445. The van der Waals surface area contributed by atoms with Gasteiger partial charge >= 0.3 is 0 Å². The number of likely N-dealkylation sites (tertiary alicyclic amines) is 1. The molecule has 0 saturated carbocycles. The second-order valence-electron chi connectivity index (χ2n) is 8.01. The van der Waals surface area contributed by atoms with Crippen LogP contribution in [0.5, 0.6) is 0 Å². The van der Waals surface area contributed by atoms with Gasteiger partial charge in [0.15, 0.2) is 0 Å². The van der Waals surface area contributed by atoms with E-state index in [1.807, 2.05) is 11.0 Å². The first-order valence-electron chi connectivity index (χ1n) is 11.3. The van der Waals surface area contributed by atoms with Crippen molar-refractivity contribution in [3.63, 3.8) is 0 Å². The van der Waals surface area contributed by atoms with E-state index in [9.17, 15) is 18.0 Å². The van der Waals surface area contributed by atoms with Gasteiger partial charge in [-0.1, -0.05) is 19.9 Å². The summed E-state index contributed by atoms with van der Waals surface area (Å²) in [6.07, 6.45) is 2.93. The van der Waals surface area contributed by atoms with E-state index < -0.39 is 10.0 Å². The molecule has 10 heteroatoms. The maximum absolute atomic E-state index is 12.7. The molecule has 9 nitrogen and oxygen atoms in total. The van der Waals surface area contributed by atoms with E-state index in [4.69, 9.17) is 4.42 Å². The lowest BCUT2D eigenvalue weighted by atomic mass is 9.96. The zero-order chi connectivity index (χ0) is 23.8. The van der Waals surface area contributed by atoms with Crippen molar-refractivity contribution >= 4 is 27.5 Å². The van der Waals surface area contributed by atoms with Crippen LogP contribution in [-0.2, 0) is 26.2 Å². The van der Waals surface area contributed by atoms with Crippen molar-refractivity contribution in [2.75, 3.05) is 38.0 Å². The van der Waals surface area contributed by atoms with Crippen LogP contribution in [0.15, 0.2) is 52.0 Å². The molecule has 0 atom stereocenters. The predicted molar refractivity (Wildman–Crippen MR) is 125 cm³/mol. The van der Waals surface area contributed by atoms with E-state index in [0.717, 1.165) is 0 Å². The molecule has 1 aliphatic rings. The van der Waals surface area contributed by atoms with Crippen LogP contribution in [0.4, 0.5) is 5.69 Å². The number of anilines is 1. The van der Waals surface area contributed by atoms with Crippen molar-refractivity contribution in [1.82, 2.24) is 14.5 Å². The number of nitrogens with zero attached hydrogens (tertiary/aromatic N) is 2. The molecule has 0 unspecified atom stereocenters. The van der Waals surface area contributed by atoms with Gasteiger partial charge in [0, 0.05) is 24.7 Å². The number of carbonyl (C=O) groups excluding carboxylic acids is 2. The Hall–Kier alpha value is -2.69. The van der Waals surface area contributed by atoms with Gasteiger partial charge in [0.1, 0.15) is 5.76 Å². The standard InChI is InChI=1S/C23H32N4O5S/c1-3-27(4-2)33(30,31)21-9-5-7-19(15-21)25-22(28)17-26-12-10-18(11-13-26)23(29)24-16-20-8-6-14-32-20/h5-9,14-15,18H,3-4,10-13,16-17H2,1-2H3,(H,24,29)(H,25,28). The van der Waals surface area contributed by atoms with Gasteiger partial charge in [-0.05, 0) is 56.3 Å². The Balaban J connectivity index is 1.47. The molecule has 0 aliphatic carbocycles. The predicted octanol–water partition coefficient (Wildman–Crippen LogP) is 2.28. The summed E-state index contributed by atoms with van der Waals surface area (Å²) in [5, 5.41) is 5.69. The smallest absolute Gasteiger partial charge is 0.243 e. The van der Waals surface area contributed by atoms with E-state index in [0.29, 0.717) is 57.0 Å². The highest BCUT2D eigenvalue weighted by atomic mass is 32.2. The Morgan fingerprint density at radius 2 is 1.85 bits per heavy atom. The second kappa shape index (κ2) is 11.4. The fourth-order valence-corrected chi connectivity index (χ4v) is 5.44. The molecule has 1 aromatic heterocycles. The molecule has 2 N–H and O–H groups in total. The highest BCUT2D eigenvalue weighted by molar-refractivity contribution is 7.89. The third-order valence-corrected chi connectivity index (χ3v) is 7.85. The summed E-state index contributed by atoms with van der Waals surface area (Å²) in [6, 6.07) is 9.92. The molecule has 1 aliphatic heterocycles. The van der Waals surface area contributed by atoms with E-state index in [1.54, 1.807) is 38.3 Å². The Kier molecular flexibility index (Phi) is 8.65. The largest absolute Gasteiger partial charge is 0.467 e. The highest BCUT2D eigenvalue weighted by Crippen LogP contribution is 2.20. The molecule has 0 spiro atoms. The monoisotopic (exact) mass is 476 g/mol. The van der Waals surface area contributed by atoms with Crippen LogP contribution in [0, 0.1) is 5.92 Å².